The molecule has 0 aliphatic rings. The number of carbonyl (C=O) groups is 1. The molecule has 0 spiro atoms. The Morgan fingerprint density at radius 3 is 2.70 bits per heavy atom. The summed E-state index contributed by atoms with van der Waals surface area (Å²) in [6, 6.07) is 11.4. The SMILES string of the molecule is N#CCCN(c1ccccc1)c1nc(Cl)c(C(=O)O)s1. The Labute approximate surface area is 124 Å². The summed E-state index contributed by atoms with van der Waals surface area (Å²) in [6.45, 7) is 0.420. The Morgan fingerprint density at radius 2 is 2.15 bits per heavy atom. The zero-order valence-corrected chi connectivity index (χ0v) is 11.9. The first-order valence-corrected chi connectivity index (χ1v) is 6.92. The van der Waals surface area contributed by atoms with Crippen molar-refractivity contribution in [3.8, 4) is 6.07 Å². The van der Waals surface area contributed by atoms with Gasteiger partial charge in [-0.15, -0.1) is 0 Å². The minimum absolute atomic E-state index is 0.000412. The number of rotatable bonds is 5. The van der Waals surface area contributed by atoms with Crippen LogP contribution in [0.3, 0.4) is 0 Å². The molecule has 0 aliphatic carbocycles. The predicted octanol–water partition coefficient (Wildman–Crippen LogP) is 3.55. The number of halogens is 1. The predicted molar refractivity (Wildman–Crippen MR) is 77.8 cm³/mol. The number of hydrogen-bond donors (Lipinski definition) is 1. The van der Waals surface area contributed by atoms with E-state index in [9.17, 15) is 4.79 Å². The van der Waals surface area contributed by atoms with Gasteiger partial charge in [0.15, 0.2) is 15.2 Å². The molecule has 2 aromatic rings. The highest BCUT2D eigenvalue weighted by atomic mass is 35.5. The molecule has 1 heterocycles. The molecule has 5 nitrogen and oxygen atoms in total. The number of aromatic nitrogens is 1. The van der Waals surface area contributed by atoms with Crippen LogP contribution in [0.4, 0.5) is 10.8 Å². The van der Waals surface area contributed by atoms with Gasteiger partial charge in [-0.05, 0) is 12.1 Å². The van der Waals surface area contributed by atoms with Gasteiger partial charge in [-0.25, -0.2) is 9.78 Å². The van der Waals surface area contributed by atoms with Crippen LogP contribution in [-0.4, -0.2) is 22.6 Å². The third kappa shape index (κ3) is 3.07. The van der Waals surface area contributed by atoms with Crippen LogP contribution in [-0.2, 0) is 0 Å². The van der Waals surface area contributed by atoms with Crippen LogP contribution in [0.25, 0.3) is 0 Å². The molecule has 0 radical (unpaired) electrons. The summed E-state index contributed by atoms with van der Waals surface area (Å²) < 4.78 is 0. The van der Waals surface area contributed by atoms with E-state index < -0.39 is 5.97 Å². The van der Waals surface area contributed by atoms with Crippen molar-refractivity contribution < 1.29 is 9.90 Å². The van der Waals surface area contributed by atoms with Gasteiger partial charge in [0.1, 0.15) is 0 Å². The molecule has 2 rings (SSSR count). The Hall–Kier alpha value is -2.10. The molecule has 1 N–H and O–H groups in total. The molecule has 0 unspecified atom stereocenters. The quantitative estimate of drug-likeness (QED) is 0.914. The van der Waals surface area contributed by atoms with Crippen LogP contribution < -0.4 is 4.90 Å². The van der Waals surface area contributed by atoms with E-state index >= 15 is 0 Å². The summed E-state index contributed by atoms with van der Waals surface area (Å²) in [5, 5.41) is 18.2. The van der Waals surface area contributed by atoms with Gasteiger partial charge in [-0.2, -0.15) is 5.26 Å². The fourth-order valence-electron chi connectivity index (χ4n) is 1.64. The smallest absolute Gasteiger partial charge is 0.349 e. The van der Waals surface area contributed by atoms with E-state index in [0.29, 0.717) is 18.1 Å². The Kier molecular flexibility index (Phi) is 4.56. The van der Waals surface area contributed by atoms with Crippen molar-refractivity contribution in [2.45, 2.75) is 6.42 Å². The molecule has 0 saturated heterocycles. The number of carboxylic acids is 1. The molecule has 1 aromatic carbocycles. The van der Waals surface area contributed by atoms with Gasteiger partial charge in [0.05, 0.1) is 12.5 Å². The molecular weight excluding hydrogens is 298 g/mol. The highest BCUT2D eigenvalue weighted by Gasteiger charge is 2.20. The summed E-state index contributed by atoms with van der Waals surface area (Å²) in [6.07, 6.45) is 0.300. The normalized spacial score (nSPS) is 10.0. The monoisotopic (exact) mass is 307 g/mol. The first-order valence-electron chi connectivity index (χ1n) is 5.72. The molecule has 7 heteroatoms. The maximum absolute atomic E-state index is 11.0. The average molecular weight is 308 g/mol. The summed E-state index contributed by atoms with van der Waals surface area (Å²) >= 11 is 6.83. The standard InChI is InChI=1S/C13H10ClN3O2S/c14-11-10(12(18)19)20-13(16-11)17(8-4-7-15)9-5-2-1-3-6-9/h1-3,5-6H,4,8H2,(H,18,19). The lowest BCUT2D eigenvalue weighted by molar-refractivity contribution is 0.0702. The van der Waals surface area contributed by atoms with Crippen LogP contribution in [0.2, 0.25) is 5.15 Å². The number of thiazole rings is 1. The van der Waals surface area contributed by atoms with Crippen LogP contribution in [0, 0.1) is 11.3 Å². The van der Waals surface area contributed by atoms with Crippen molar-refractivity contribution in [2.75, 3.05) is 11.4 Å². The highest BCUT2D eigenvalue weighted by Crippen LogP contribution is 2.33. The molecule has 102 valence electrons. The van der Waals surface area contributed by atoms with Gasteiger partial charge in [-0.1, -0.05) is 41.1 Å². The summed E-state index contributed by atoms with van der Waals surface area (Å²) in [5.74, 6) is -1.10. The maximum Gasteiger partial charge on any atom is 0.349 e. The number of hydrogen-bond acceptors (Lipinski definition) is 5. The number of nitrogens with zero attached hydrogens (tertiary/aromatic N) is 3. The van der Waals surface area contributed by atoms with Gasteiger partial charge in [0.25, 0.3) is 0 Å². The largest absolute Gasteiger partial charge is 0.477 e. The van der Waals surface area contributed by atoms with E-state index in [4.69, 9.17) is 22.0 Å². The van der Waals surface area contributed by atoms with Crippen LogP contribution >= 0.6 is 22.9 Å². The van der Waals surface area contributed by atoms with Crippen LogP contribution in [0.1, 0.15) is 16.1 Å². The molecule has 0 aliphatic heterocycles. The number of benzene rings is 1. The first kappa shape index (κ1) is 14.3. The topological polar surface area (TPSA) is 77.2 Å². The number of aromatic carboxylic acids is 1. The second-order valence-corrected chi connectivity index (χ2v) is 5.15. The van der Waals surface area contributed by atoms with Crippen molar-refractivity contribution in [1.29, 1.82) is 5.26 Å². The number of anilines is 2. The first-order chi connectivity index (χ1) is 9.63. The molecule has 1 aromatic heterocycles. The van der Waals surface area contributed by atoms with Crippen molar-refractivity contribution in [3.05, 3.63) is 40.4 Å². The van der Waals surface area contributed by atoms with Crippen molar-refractivity contribution >= 4 is 39.7 Å². The van der Waals surface area contributed by atoms with Crippen LogP contribution in [0.5, 0.6) is 0 Å². The zero-order valence-electron chi connectivity index (χ0n) is 10.3. The van der Waals surface area contributed by atoms with Gasteiger partial charge < -0.3 is 10.0 Å². The van der Waals surface area contributed by atoms with Gasteiger partial charge >= 0.3 is 5.97 Å². The van der Waals surface area contributed by atoms with E-state index in [-0.39, 0.29) is 10.0 Å². The van der Waals surface area contributed by atoms with Crippen molar-refractivity contribution in [2.24, 2.45) is 0 Å². The van der Waals surface area contributed by atoms with Gasteiger partial charge in [-0.3, -0.25) is 0 Å². The summed E-state index contributed by atoms with van der Waals surface area (Å²) in [7, 11) is 0. The lowest BCUT2D eigenvalue weighted by Crippen LogP contribution is -2.17. The van der Waals surface area contributed by atoms with Crippen molar-refractivity contribution in [1.82, 2.24) is 4.98 Å². The Bertz CT molecular complexity index is 651. The lowest BCUT2D eigenvalue weighted by atomic mass is 10.3. The molecule has 0 atom stereocenters. The van der Waals surface area contributed by atoms with E-state index in [1.54, 1.807) is 4.90 Å². The van der Waals surface area contributed by atoms with Crippen molar-refractivity contribution in [3.63, 3.8) is 0 Å². The van der Waals surface area contributed by atoms with Gasteiger partial charge in [0.2, 0.25) is 0 Å². The van der Waals surface area contributed by atoms with Gasteiger partial charge in [0, 0.05) is 12.2 Å². The van der Waals surface area contributed by atoms with E-state index in [1.807, 2.05) is 30.3 Å². The molecule has 0 bridgehead atoms. The Morgan fingerprint density at radius 1 is 1.45 bits per heavy atom. The highest BCUT2D eigenvalue weighted by molar-refractivity contribution is 7.18. The third-order valence-corrected chi connectivity index (χ3v) is 3.97. The van der Waals surface area contributed by atoms with Crippen LogP contribution in [0.15, 0.2) is 30.3 Å². The molecular formula is C13H10ClN3O2S. The third-order valence-electron chi connectivity index (χ3n) is 2.51. The molecule has 20 heavy (non-hydrogen) atoms. The maximum atomic E-state index is 11.0. The lowest BCUT2D eigenvalue weighted by Gasteiger charge is -2.20. The molecule has 0 fully saturated rings. The average Bonchev–Trinajstić information content (AvgIpc) is 2.82. The minimum Gasteiger partial charge on any atom is -0.477 e. The Balaban J connectivity index is 2.39. The minimum atomic E-state index is -1.10. The zero-order chi connectivity index (χ0) is 14.5. The molecule has 0 saturated carbocycles. The fraction of sp³-hybridized carbons (Fsp3) is 0.154. The number of nitriles is 1. The summed E-state index contributed by atoms with van der Waals surface area (Å²) in [4.78, 5) is 16.9. The van der Waals surface area contributed by atoms with E-state index in [1.165, 1.54) is 0 Å². The summed E-state index contributed by atoms with van der Waals surface area (Å²) in [5.41, 5.74) is 0.838. The second kappa shape index (κ2) is 6.37. The number of carboxylic acid groups (broad SMARTS) is 1. The second-order valence-electron chi connectivity index (χ2n) is 3.82. The fourth-order valence-corrected chi connectivity index (χ4v) is 2.81. The number of para-hydroxylation sites is 1. The van der Waals surface area contributed by atoms with E-state index in [0.717, 1.165) is 17.0 Å². The van der Waals surface area contributed by atoms with E-state index in [2.05, 4.69) is 11.1 Å². The molecule has 0 amide bonds.